The van der Waals surface area contributed by atoms with Crippen molar-refractivity contribution in [1.29, 1.82) is 0 Å². The summed E-state index contributed by atoms with van der Waals surface area (Å²) in [4.78, 5) is 0. The van der Waals surface area contributed by atoms with E-state index in [-0.39, 0.29) is 6.42 Å². The molecule has 0 saturated heterocycles. The van der Waals surface area contributed by atoms with Crippen molar-refractivity contribution in [2.45, 2.75) is 56.8 Å². The van der Waals surface area contributed by atoms with Crippen LogP contribution in [-0.2, 0) is 6.42 Å². The van der Waals surface area contributed by atoms with Crippen molar-refractivity contribution >= 4 is 0 Å². The molecule has 1 unspecified atom stereocenters. The quantitative estimate of drug-likeness (QED) is 0.915. The van der Waals surface area contributed by atoms with Crippen molar-refractivity contribution in [2.24, 2.45) is 0 Å². The average Bonchev–Trinajstić information content (AvgIpc) is 2.84. The molecule has 0 radical (unpaired) electrons. The molecule has 1 aromatic heterocycles. The van der Waals surface area contributed by atoms with Gasteiger partial charge in [-0.1, -0.05) is 19.3 Å². The van der Waals surface area contributed by atoms with E-state index >= 15 is 0 Å². The first-order valence-electron chi connectivity index (χ1n) is 6.78. The van der Waals surface area contributed by atoms with Crippen LogP contribution in [0.15, 0.2) is 12.3 Å². The van der Waals surface area contributed by atoms with E-state index in [0.29, 0.717) is 11.7 Å². The minimum absolute atomic E-state index is 0.111. The molecule has 108 valence electrons. The zero-order valence-electron chi connectivity index (χ0n) is 11.1. The molecule has 2 rings (SSSR count). The Balaban J connectivity index is 2.00. The Hall–Kier alpha value is -1.04. The molecule has 0 bridgehead atoms. The summed E-state index contributed by atoms with van der Waals surface area (Å²) >= 11 is 0. The minimum atomic E-state index is -4.23. The van der Waals surface area contributed by atoms with Gasteiger partial charge in [0.25, 0.3) is 0 Å². The largest absolute Gasteiger partial charge is 0.404 e. The second-order valence-electron chi connectivity index (χ2n) is 5.17. The summed E-state index contributed by atoms with van der Waals surface area (Å²) in [5.74, 6) is 0. The predicted octanol–water partition coefficient (Wildman–Crippen LogP) is 3.08. The zero-order chi connectivity index (χ0) is 13.9. The first-order chi connectivity index (χ1) is 9.00. The molecule has 0 aromatic carbocycles. The molecule has 1 aliphatic rings. The van der Waals surface area contributed by atoms with E-state index in [1.165, 1.54) is 26.3 Å². The Morgan fingerprint density at radius 3 is 2.63 bits per heavy atom. The van der Waals surface area contributed by atoms with Crippen LogP contribution in [0.2, 0.25) is 0 Å². The number of likely N-dealkylation sites (N-methyl/N-ethyl adjacent to an activating group) is 1. The van der Waals surface area contributed by atoms with Gasteiger partial charge in [0, 0.05) is 12.6 Å². The first-order valence-corrected chi connectivity index (χ1v) is 6.78. The summed E-state index contributed by atoms with van der Waals surface area (Å²) in [5.41, 5.74) is 0.502. The van der Waals surface area contributed by atoms with Crippen molar-refractivity contribution < 1.29 is 13.2 Å². The van der Waals surface area contributed by atoms with Gasteiger partial charge in [0.15, 0.2) is 0 Å². The standard InChI is InChI=1S/C13H20F3N3/c1-17-12(13(14,15)16)9-10-7-8-19(18-10)11-5-3-2-4-6-11/h7-8,11-12,17H,2-6,9H2,1H3. The third kappa shape index (κ3) is 3.72. The Bertz CT molecular complexity index is 394. The van der Waals surface area contributed by atoms with E-state index < -0.39 is 12.2 Å². The number of alkyl halides is 3. The van der Waals surface area contributed by atoms with E-state index in [1.54, 1.807) is 6.07 Å². The molecule has 1 heterocycles. The lowest BCUT2D eigenvalue weighted by atomic mass is 9.96. The van der Waals surface area contributed by atoms with Gasteiger partial charge in [0.2, 0.25) is 0 Å². The molecular weight excluding hydrogens is 255 g/mol. The number of aromatic nitrogens is 2. The summed E-state index contributed by atoms with van der Waals surface area (Å²) in [7, 11) is 1.33. The molecule has 1 saturated carbocycles. The Kier molecular flexibility index (Phi) is 4.50. The van der Waals surface area contributed by atoms with Crippen molar-refractivity contribution in [3.63, 3.8) is 0 Å². The molecule has 1 atom stereocenters. The highest BCUT2D eigenvalue weighted by Crippen LogP contribution is 2.28. The van der Waals surface area contributed by atoms with Crippen molar-refractivity contribution in [3.05, 3.63) is 18.0 Å². The van der Waals surface area contributed by atoms with Crippen LogP contribution in [0.3, 0.4) is 0 Å². The van der Waals surface area contributed by atoms with Gasteiger partial charge in [-0.3, -0.25) is 4.68 Å². The fourth-order valence-electron chi connectivity index (χ4n) is 2.63. The maximum atomic E-state index is 12.7. The number of nitrogens with zero attached hydrogens (tertiary/aromatic N) is 2. The van der Waals surface area contributed by atoms with Crippen LogP contribution in [-0.4, -0.2) is 29.0 Å². The molecule has 1 aromatic rings. The minimum Gasteiger partial charge on any atom is -0.309 e. The average molecular weight is 275 g/mol. The van der Waals surface area contributed by atoms with E-state index in [4.69, 9.17) is 0 Å². The van der Waals surface area contributed by atoms with Crippen molar-refractivity contribution in [2.75, 3.05) is 7.05 Å². The molecule has 6 heteroatoms. The summed E-state index contributed by atoms with van der Waals surface area (Å²) < 4.78 is 39.9. The van der Waals surface area contributed by atoms with Gasteiger partial charge in [-0.2, -0.15) is 18.3 Å². The fraction of sp³-hybridized carbons (Fsp3) is 0.769. The molecule has 0 amide bonds. The molecular formula is C13H20F3N3. The van der Waals surface area contributed by atoms with Gasteiger partial charge in [-0.05, 0) is 26.0 Å². The van der Waals surface area contributed by atoms with Gasteiger partial charge in [0.1, 0.15) is 6.04 Å². The Morgan fingerprint density at radius 1 is 1.37 bits per heavy atom. The van der Waals surface area contributed by atoms with Gasteiger partial charge < -0.3 is 5.32 Å². The molecule has 1 aliphatic carbocycles. The lowest BCUT2D eigenvalue weighted by Gasteiger charge is -2.22. The summed E-state index contributed by atoms with van der Waals surface area (Å²) in [6.45, 7) is 0. The first kappa shape index (κ1) is 14.4. The molecule has 19 heavy (non-hydrogen) atoms. The van der Waals surface area contributed by atoms with Gasteiger partial charge in [-0.15, -0.1) is 0 Å². The van der Waals surface area contributed by atoms with E-state index in [0.717, 1.165) is 12.8 Å². The van der Waals surface area contributed by atoms with Crippen LogP contribution in [0.25, 0.3) is 0 Å². The van der Waals surface area contributed by atoms with Crippen LogP contribution in [0, 0.1) is 0 Å². The van der Waals surface area contributed by atoms with Gasteiger partial charge in [0.05, 0.1) is 11.7 Å². The lowest BCUT2D eigenvalue weighted by molar-refractivity contribution is -0.154. The maximum absolute atomic E-state index is 12.7. The van der Waals surface area contributed by atoms with Crippen LogP contribution in [0.4, 0.5) is 13.2 Å². The molecule has 3 nitrogen and oxygen atoms in total. The van der Waals surface area contributed by atoms with Crippen molar-refractivity contribution in [1.82, 2.24) is 15.1 Å². The molecule has 1 N–H and O–H groups in total. The van der Waals surface area contributed by atoms with Crippen LogP contribution < -0.4 is 5.32 Å². The molecule has 1 fully saturated rings. The number of halogens is 3. The highest BCUT2D eigenvalue weighted by Gasteiger charge is 2.38. The van der Waals surface area contributed by atoms with Gasteiger partial charge >= 0.3 is 6.18 Å². The normalized spacial score (nSPS) is 19.6. The third-order valence-corrected chi connectivity index (χ3v) is 3.77. The lowest BCUT2D eigenvalue weighted by Crippen LogP contribution is -2.41. The number of hydrogen-bond donors (Lipinski definition) is 1. The van der Waals surface area contributed by atoms with Crippen LogP contribution >= 0.6 is 0 Å². The predicted molar refractivity (Wildman–Crippen MR) is 67.0 cm³/mol. The summed E-state index contributed by atoms with van der Waals surface area (Å²) in [5, 5.41) is 6.62. The van der Waals surface area contributed by atoms with E-state index in [1.807, 2.05) is 10.9 Å². The highest BCUT2D eigenvalue weighted by atomic mass is 19.4. The second kappa shape index (κ2) is 5.94. The zero-order valence-corrected chi connectivity index (χ0v) is 11.1. The van der Waals surface area contributed by atoms with Gasteiger partial charge in [-0.25, -0.2) is 0 Å². The van der Waals surface area contributed by atoms with Crippen LogP contribution in [0.5, 0.6) is 0 Å². The highest BCUT2D eigenvalue weighted by molar-refractivity contribution is 5.03. The molecule has 0 aliphatic heterocycles. The van der Waals surface area contributed by atoms with E-state index in [9.17, 15) is 13.2 Å². The topological polar surface area (TPSA) is 29.9 Å². The van der Waals surface area contributed by atoms with Crippen LogP contribution in [0.1, 0.15) is 43.8 Å². The number of rotatable bonds is 4. The molecule has 0 spiro atoms. The second-order valence-corrected chi connectivity index (χ2v) is 5.17. The summed E-state index contributed by atoms with van der Waals surface area (Å²) in [6.07, 6.45) is 3.24. The fourth-order valence-corrected chi connectivity index (χ4v) is 2.63. The Labute approximate surface area is 111 Å². The third-order valence-electron chi connectivity index (χ3n) is 3.77. The monoisotopic (exact) mass is 275 g/mol. The van der Waals surface area contributed by atoms with Crippen molar-refractivity contribution in [3.8, 4) is 0 Å². The maximum Gasteiger partial charge on any atom is 0.404 e. The summed E-state index contributed by atoms with van der Waals surface area (Å²) in [6, 6.07) is 0.536. The number of hydrogen-bond acceptors (Lipinski definition) is 2. The Morgan fingerprint density at radius 2 is 2.05 bits per heavy atom. The SMILES string of the molecule is CNC(Cc1ccn(C2CCCCC2)n1)C(F)(F)F. The smallest absolute Gasteiger partial charge is 0.309 e. The number of nitrogens with one attached hydrogen (secondary N) is 1. The van der Waals surface area contributed by atoms with E-state index in [2.05, 4.69) is 10.4 Å².